The molecule has 0 aromatic carbocycles. The summed E-state index contributed by atoms with van der Waals surface area (Å²) in [6.45, 7) is 8.00. The van der Waals surface area contributed by atoms with E-state index >= 15 is 0 Å². The Morgan fingerprint density at radius 1 is 1.45 bits per heavy atom. The van der Waals surface area contributed by atoms with Crippen LogP contribution in [0.2, 0.25) is 0 Å². The number of nitrogens with zero attached hydrogens (tertiary/aromatic N) is 2. The maximum Gasteiger partial charge on any atom is 0.211 e. The topological polar surface area (TPSA) is 75.4 Å². The fourth-order valence-corrected chi connectivity index (χ4v) is 3.45. The molecule has 2 rings (SSSR count). The van der Waals surface area contributed by atoms with E-state index in [2.05, 4.69) is 14.8 Å². The zero-order valence-corrected chi connectivity index (χ0v) is 13.2. The lowest BCUT2D eigenvalue weighted by atomic mass is 10.1. The van der Waals surface area contributed by atoms with Crippen molar-refractivity contribution in [3.63, 3.8) is 0 Å². The third-order valence-corrected chi connectivity index (χ3v) is 5.25. The van der Waals surface area contributed by atoms with Gasteiger partial charge in [0.25, 0.3) is 0 Å². The van der Waals surface area contributed by atoms with Gasteiger partial charge in [-0.1, -0.05) is 5.16 Å². The van der Waals surface area contributed by atoms with E-state index in [4.69, 9.17) is 4.52 Å². The molecule has 0 radical (unpaired) electrons. The van der Waals surface area contributed by atoms with Crippen LogP contribution >= 0.6 is 0 Å². The van der Waals surface area contributed by atoms with E-state index < -0.39 is 10.0 Å². The van der Waals surface area contributed by atoms with Crippen molar-refractivity contribution in [2.75, 3.05) is 18.8 Å². The summed E-state index contributed by atoms with van der Waals surface area (Å²) in [5, 5.41) is 3.96. The summed E-state index contributed by atoms with van der Waals surface area (Å²) in [6, 6.07) is 0.00849. The van der Waals surface area contributed by atoms with Crippen molar-refractivity contribution in [1.82, 2.24) is 14.8 Å². The molecule has 1 aliphatic rings. The van der Waals surface area contributed by atoms with Gasteiger partial charge in [-0.25, -0.2) is 13.1 Å². The first-order valence-corrected chi connectivity index (χ1v) is 8.70. The molecular formula is C13H23N3O3S. The summed E-state index contributed by atoms with van der Waals surface area (Å²) in [5.74, 6) is 0.978. The monoisotopic (exact) mass is 301 g/mol. The van der Waals surface area contributed by atoms with Crippen molar-refractivity contribution in [1.29, 1.82) is 0 Å². The fraction of sp³-hybridized carbons (Fsp3) is 0.769. The molecule has 1 atom stereocenters. The Morgan fingerprint density at radius 3 is 2.80 bits per heavy atom. The second kappa shape index (κ2) is 6.24. The van der Waals surface area contributed by atoms with Crippen molar-refractivity contribution >= 4 is 10.0 Å². The molecule has 1 fully saturated rings. The molecular weight excluding hydrogens is 278 g/mol. The van der Waals surface area contributed by atoms with E-state index in [1.54, 1.807) is 6.92 Å². The van der Waals surface area contributed by atoms with Crippen molar-refractivity contribution in [3.8, 4) is 0 Å². The lowest BCUT2D eigenvalue weighted by Crippen LogP contribution is -2.47. The molecule has 7 heteroatoms. The van der Waals surface area contributed by atoms with E-state index in [1.807, 2.05) is 13.8 Å². The zero-order chi connectivity index (χ0) is 14.8. The highest BCUT2D eigenvalue weighted by molar-refractivity contribution is 7.89. The number of likely N-dealkylation sites (tertiary alicyclic amines) is 1. The highest BCUT2D eigenvalue weighted by atomic mass is 32.2. The maximum absolute atomic E-state index is 11.6. The number of piperidine rings is 1. The Kier molecular flexibility index (Phi) is 4.82. The summed E-state index contributed by atoms with van der Waals surface area (Å²) in [4.78, 5) is 2.26. The van der Waals surface area contributed by atoms with Crippen molar-refractivity contribution in [2.45, 2.75) is 46.2 Å². The molecule has 0 amide bonds. The van der Waals surface area contributed by atoms with Gasteiger partial charge in [0.15, 0.2) is 0 Å². The zero-order valence-electron chi connectivity index (χ0n) is 12.3. The minimum atomic E-state index is -3.13. The quantitative estimate of drug-likeness (QED) is 0.884. The van der Waals surface area contributed by atoms with Crippen molar-refractivity contribution in [3.05, 3.63) is 17.0 Å². The number of hydrogen-bond donors (Lipinski definition) is 1. The summed E-state index contributed by atoms with van der Waals surface area (Å²) in [7, 11) is -3.13. The van der Waals surface area contributed by atoms with Crippen LogP contribution in [0.25, 0.3) is 0 Å². The fourth-order valence-electron chi connectivity index (χ4n) is 2.58. The first-order valence-electron chi connectivity index (χ1n) is 7.05. The van der Waals surface area contributed by atoms with Crippen molar-refractivity contribution < 1.29 is 12.9 Å². The molecule has 0 bridgehead atoms. The smallest absolute Gasteiger partial charge is 0.211 e. The minimum Gasteiger partial charge on any atom is -0.361 e. The van der Waals surface area contributed by atoms with Crippen LogP contribution in [-0.2, 0) is 16.6 Å². The summed E-state index contributed by atoms with van der Waals surface area (Å²) >= 11 is 0. The average molecular weight is 301 g/mol. The third-order valence-electron chi connectivity index (χ3n) is 3.79. The van der Waals surface area contributed by atoms with Gasteiger partial charge in [-0.05, 0) is 40.2 Å². The lowest BCUT2D eigenvalue weighted by molar-refractivity contribution is 0.193. The molecule has 0 spiro atoms. The average Bonchev–Trinajstić information content (AvgIpc) is 2.71. The number of aromatic nitrogens is 1. The molecule has 20 heavy (non-hydrogen) atoms. The highest BCUT2D eigenvalue weighted by Crippen LogP contribution is 2.18. The van der Waals surface area contributed by atoms with Crippen LogP contribution in [0.5, 0.6) is 0 Å². The Hall–Kier alpha value is -0.920. The summed E-state index contributed by atoms with van der Waals surface area (Å²) in [6.07, 6.45) is 1.90. The molecule has 2 heterocycles. The SMILES string of the molecule is CCS(=O)(=O)N[C@H]1CCCN(Cc2c(C)noc2C)C1. The molecule has 1 aliphatic heterocycles. The van der Waals surface area contributed by atoms with Gasteiger partial charge in [-0.2, -0.15) is 0 Å². The normalized spacial score (nSPS) is 21.2. The summed E-state index contributed by atoms with van der Waals surface area (Å²) < 4.78 is 31.2. The van der Waals surface area contributed by atoms with Crippen LogP contribution in [0, 0.1) is 13.8 Å². The lowest BCUT2D eigenvalue weighted by Gasteiger charge is -2.32. The van der Waals surface area contributed by atoms with Gasteiger partial charge in [0.05, 0.1) is 11.4 Å². The second-order valence-corrected chi connectivity index (χ2v) is 7.44. The van der Waals surface area contributed by atoms with E-state index in [-0.39, 0.29) is 11.8 Å². The van der Waals surface area contributed by atoms with Gasteiger partial charge in [-0.3, -0.25) is 4.90 Å². The molecule has 0 unspecified atom stereocenters. The summed E-state index contributed by atoms with van der Waals surface area (Å²) in [5.41, 5.74) is 2.03. The maximum atomic E-state index is 11.6. The largest absolute Gasteiger partial charge is 0.361 e. The van der Waals surface area contributed by atoms with Crippen LogP contribution in [0.1, 0.15) is 36.8 Å². The molecule has 1 aromatic rings. The Bertz CT molecular complexity index is 534. The van der Waals surface area contributed by atoms with Gasteiger partial charge in [-0.15, -0.1) is 0 Å². The van der Waals surface area contributed by atoms with Crippen LogP contribution in [0.4, 0.5) is 0 Å². The molecule has 114 valence electrons. The molecule has 6 nitrogen and oxygen atoms in total. The molecule has 0 aliphatic carbocycles. The third kappa shape index (κ3) is 3.80. The van der Waals surface area contributed by atoms with Gasteiger partial charge in [0, 0.05) is 24.7 Å². The minimum absolute atomic E-state index is 0.00849. The number of aryl methyl sites for hydroxylation is 2. The predicted octanol–water partition coefficient (Wildman–Crippen LogP) is 1.20. The van der Waals surface area contributed by atoms with Gasteiger partial charge < -0.3 is 4.52 Å². The van der Waals surface area contributed by atoms with Crippen LogP contribution in [0.15, 0.2) is 4.52 Å². The van der Waals surface area contributed by atoms with E-state index in [9.17, 15) is 8.42 Å². The number of hydrogen-bond acceptors (Lipinski definition) is 5. The molecule has 1 aromatic heterocycles. The Labute approximate surface area is 120 Å². The van der Waals surface area contributed by atoms with Gasteiger partial charge in [0.2, 0.25) is 10.0 Å². The second-order valence-electron chi connectivity index (χ2n) is 5.40. The number of rotatable bonds is 5. The van der Waals surface area contributed by atoms with Crippen LogP contribution < -0.4 is 4.72 Å². The van der Waals surface area contributed by atoms with Crippen molar-refractivity contribution in [2.24, 2.45) is 0 Å². The number of sulfonamides is 1. The van der Waals surface area contributed by atoms with E-state index in [0.717, 1.165) is 49.5 Å². The van der Waals surface area contributed by atoms with Gasteiger partial charge in [0.1, 0.15) is 5.76 Å². The Balaban J connectivity index is 1.97. The van der Waals surface area contributed by atoms with Crippen LogP contribution in [-0.4, -0.2) is 43.4 Å². The Morgan fingerprint density at radius 2 is 2.20 bits per heavy atom. The first kappa shape index (κ1) is 15.5. The van der Waals surface area contributed by atoms with Crippen LogP contribution in [0.3, 0.4) is 0 Å². The predicted molar refractivity (Wildman–Crippen MR) is 76.9 cm³/mol. The first-order chi connectivity index (χ1) is 9.41. The molecule has 1 saturated heterocycles. The van der Waals surface area contributed by atoms with E-state index in [0.29, 0.717) is 0 Å². The highest BCUT2D eigenvalue weighted by Gasteiger charge is 2.24. The number of nitrogens with one attached hydrogen (secondary N) is 1. The standard InChI is InChI=1S/C13H23N3O3S/c1-4-20(17,18)15-12-6-5-7-16(8-12)9-13-10(2)14-19-11(13)3/h12,15H,4-9H2,1-3H3/t12-/m0/s1. The molecule has 0 saturated carbocycles. The van der Waals surface area contributed by atoms with E-state index in [1.165, 1.54) is 0 Å². The molecule has 1 N–H and O–H groups in total. The van der Waals surface area contributed by atoms with Gasteiger partial charge >= 0.3 is 0 Å².